The zero-order chi connectivity index (χ0) is 13.9. The zero-order valence-corrected chi connectivity index (χ0v) is 10.5. The van der Waals surface area contributed by atoms with Gasteiger partial charge < -0.3 is 4.74 Å². The van der Waals surface area contributed by atoms with E-state index in [1.165, 1.54) is 7.11 Å². The SMILES string of the molecule is COC(C)(C)CCC(=O)c1c(F)cc(F)cc1F. The first-order valence-corrected chi connectivity index (χ1v) is 5.50. The van der Waals surface area contributed by atoms with Gasteiger partial charge in [-0.15, -0.1) is 0 Å². The molecule has 18 heavy (non-hydrogen) atoms. The number of halogens is 3. The van der Waals surface area contributed by atoms with Crippen LogP contribution in [0.4, 0.5) is 13.2 Å². The van der Waals surface area contributed by atoms with E-state index >= 15 is 0 Å². The van der Waals surface area contributed by atoms with Crippen LogP contribution in [-0.2, 0) is 4.74 Å². The van der Waals surface area contributed by atoms with Crippen LogP contribution in [0.5, 0.6) is 0 Å². The average molecular weight is 260 g/mol. The third-order valence-corrected chi connectivity index (χ3v) is 2.79. The van der Waals surface area contributed by atoms with Crippen LogP contribution < -0.4 is 0 Å². The molecule has 0 atom stereocenters. The molecule has 1 rings (SSSR count). The van der Waals surface area contributed by atoms with Crippen LogP contribution in [0.1, 0.15) is 37.0 Å². The second kappa shape index (κ2) is 5.52. The standard InChI is InChI=1S/C13H15F3O2/c1-13(2,18-3)5-4-11(17)12-9(15)6-8(14)7-10(12)16/h6-7H,4-5H2,1-3H3. The van der Waals surface area contributed by atoms with Gasteiger partial charge in [0.15, 0.2) is 5.78 Å². The molecule has 5 heteroatoms. The molecule has 0 bridgehead atoms. The van der Waals surface area contributed by atoms with E-state index < -0.39 is 34.4 Å². The number of hydrogen-bond donors (Lipinski definition) is 0. The van der Waals surface area contributed by atoms with E-state index in [2.05, 4.69) is 0 Å². The third kappa shape index (κ3) is 3.57. The Morgan fingerprint density at radius 2 is 1.72 bits per heavy atom. The van der Waals surface area contributed by atoms with Crippen molar-refractivity contribution in [2.45, 2.75) is 32.3 Å². The molecule has 0 aromatic heterocycles. The van der Waals surface area contributed by atoms with Crippen LogP contribution in [0, 0.1) is 17.5 Å². The summed E-state index contributed by atoms with van der Waals surface area (Å²) < 4.78 is 44.5. The summed E-state index contributed by atoms with van der Waals surface area (Å²) >= 11 is 0. The van der Waals surface area contributed by atoms with Gasteiger partial charge in [-0.1, -0.05) is 0 Å². The maximum absolute atomic E-state index is 13.3. The first-order chi connectivity index (χ1) is 8.26. The first-order valence-electron chi connectivity index (χ1n) is 5.50. The molecule has 100 valence electrons. The van der Waals surface area contributed by atoms with Crippen molar-refractivity contribution in [1.29, 1.82) is 0 Å². The largest absolute Gasteiger partial charge is 0.379 e. The van der Waals surface area contributed by atoms with E-state index in [0.717, 1.165) is 0 Å². The highest BCUT2D eigenvalue weighted by atomic mass is 19.1. The van der Waals surface area contributed by atoms with Crippen molar-refractivity contribution in [3.8, 4) is 0 Å². The van der Waals surface area contributed by atoms with Crippen LogP contribution in [0.15, 0.2) is 12.1 Å². The molecule has 1 aromatic rings. The van der Waals surface area contributed by atoms with Gasteiger partial charge in [0.2, 0.25) is 0 Å². The summed E-state index contributed by atoms with van der Waals surface area (Å²) in [4.78, 5) is 11.7. The lowest BCUT2D eigenvalue weighted by Crippen LogP contribution is -2.23. The lowest BCUT2D eigenvalue weighted by Gasteiger charge is -2.22. The average Bonchev–Trinajstić information content (AvgIpc) is 2.25. The number of methoxy groups -OCH3 is 1. The second-order valence-electron chi connectivity index (χ2n) is 4.63. The molecule has 1 aromatic carbocycles. The molecule has 0 amide bonds. The first kappa shape index (κ1) is 14.7. The molecule has 0 heterocycles. The van der Waals surface area contributed by atoms with Gasteiger partial charge in [-0.2, -0.15) is 0 Å². The Morgan fingerprint density at radius 1 is 1.22 bits per heavy atom. The van der Waals surface area contributed by atoms with Gasteiger partial charge in [-0.05, 0) is 20.3 Å². The van der Waals surface area contributed by atoms with E-state index in [1.54, 1.807) is 13.8 Å². The summed E-state index contributed by atoms with van der Waals surface area (Å²) in [6.07, 6.45) is 0.249. The van der Waals surface area contributed by atoms with Gasteiger partial charge in [0.1, 0.15) is 17.5 Å². The van der Waals surface area contributed by atoms with Crippen LogP contribution in [0.2, 0.25) is 0 Å². The normalized spacial score (nSPS) is 11.7. The summed E-state index contributed by atoms with van der Waals surface area (Å²) in [5.41, 5.74) is -1.24. The smallest absolute Gasteiger partial charge is 0.168 e. The number of carbonyl (C=O) groups excluding carboxylic acids is 1. The molecular weight excluding hydrogens is 245 g/mol. The van der Waals surface area contributed by atoms with E-state index in [1.807, 2.05) is 0 Å². The van der Waals surface area contributed by atoms with Crippen LogP contribution in [0.3, 0.4) is 0 Å². The van der Waals surface area contributed by atoms with Gasteiger partial charge >= 0.3 is 0 Å². The van der Waals surface area contributed by atoms with Crippen molar-refractivity contribution >= 4 is 5.78 Å². The molecule has 0 saturated carbocycles. The Hall–Kier alpha value is -1.36. The molecular formula is C13H15F3O2. The highest BCUT2D eigenvalue weighted by Crippen LogP contribution is 2.21. The van der Waals surface area contributed by atoms with Crippen molar-refractivity contribution in [2.75, 3.05) is 7.11 Å². The quantitative estimate of drug-likeness (QED) is 0.757. The van der Waals surface area contributed by atoms with Crippen LogP contribution in [0.25, 0.3) is 0 Å². The second-order valence-corrected chi connectivity index (χ2v) is 4.63. The number of hydrogen-bond acceptors (Lipinski definition) is 2. The van der Waals surface area contributed by atoms with Crippen molar-refractivity contribution in [2.24, 2.45) is 0 Å². The summed E-state index contributed by atoms with van der Waals surface area (Å²) in [7, 11) is 1.49. The van der Waals surface area contributed by atoms with Crippen molar-refractivity contribution in [3.05, 3.63) is 35.1 Å². The van der Waals surface area contributed by atoms with E-state index in [9.17, 15) is 18.0 Å². The minimum Gasteiger partial charge on any atom is -0.379 e. The third-order valence-electron chi connectivity index (χ3n) is 2.79. The fraction of sp³-hybridized carbons (Fsp3) is 0.462. The maximum atomic E-state index is 13.3. The topological polar surface area (TPSA) is 26.3 Å². The predicted molar refractivity (Wildman–Crippen MR) is 61.0 cm³/mol. The van der Waals surface area contributed by atoms with E-state index in [0.29, 0.717) is 18.6 Å². The molecule has 0 radical (unpaired) electrons. The van der Waals surface area contributed by atoms with E-state index in [-0.39, 0.29) is 6.42 Å². The number of benzene rings is 1. The Morgan fingerprint density at radius 3 is 2.17 bits per heavy atom. The number of ketones is 1. The number of ether oxygens (including phenoxy) is 1. The molecule has 0 aliphatic heterocycles. The molecule has 0 aliphatic rings. The number of carbonyl (C=O) groups is 1. The highest BCUT2D eigenvalue weighted by molar-refractivity contribution is 5.96. The Bertz CT molecular complexity index is 433. The van der Waals surface area contributed by atoms with Gasteiger partial charge in [0, 0.05) is 25.7 Å². The minimum atomic E-state index is -1.17. The summed E-state index contributed by atoms with van der Waals surface area (Å²) in [6.45, 7) is 3.52. The van der Waals surface area contributed by atoms with Crippen LogP contribution in [-0.4, -0.2) is 18.5 Å². The Kier molecular flexibility index (Phi) is 4.51. The van der Waals surface area contributed by atoms with Gasteiger partial charge in [0.05, 0.1) is 11.2 Å². The fourth-order valence-corrected chi connectivity index (χ4v) is 1.45. The summed E-state index contributed by atoms with van der Waals surface area (Å²) in [5.74, 6) is -4.09. The molecule has 0 N–H and O–H groups in total. The summed E-state index contributed by atoms with van der Waals surface area (Å²) in [6, 6.07) is 0.996. The van der Waals surface area contributed by atoms with Gasteiger partial charge in [-0.25, -0.2) is 13.2 Å². The number of rotatable bonds is 5. The van der Waals surface area contributed by atoms with Gasteiger partial charge in [-0.3, -0.25) is 4.79 Å². The lowest BCUT2D eigenvalue weighted by molar-refractivity contribution is 0.0141. The molecule has 0 spiro atoms. The van der Waals surface area contributed by atoms with E-state index in [4.69, 9.17) is 4.74 Å². The zero-order valence-electron chi connectivity index (χ0n) is 10.5. The number of Topliss-reactive ketones (excluding diaryl/α,β-unsaturated/α-hetero) is 1. The van der Waals surface area contributed by atoms with Crippen molar-refractivity contribution in [3.63, 3.8) is 0 Å². The van der Waals surface area contributed by atoms with Crippen molar-refractivity contribution in [1.82, 2.24) is 0 Å². The van der Waals surface area contributed by atoms with Gasteiger partial charge in [0.25, 0.3) is 0 Å². The Balaban J connectivity index is 2.86. The minimum absolute atomic E-state index is 0.0691. The molecule has 0 fully saturated rings. The molecule has 0 unspecified atom stereocenters. The molecule has 0 saturated heterocycles. The fourth-order valence-electron chi connectivity index (χ4n) is 1.45. The predicted octanol–water partition coefficient (Wildman–Crippen LogP) is 3.49. The van der Waals surface area contributed by atoms with Crippen molar-refractivity contribution < 1.29 is 22.7 Å². The molecule has 2 nitrogen and oxygen atoms in total. The van der Waals surface area contributed by atoms with Crippen LogP contribution >= 0.6 is 0 Å². The Labute approximate surface area is 104 Å². The summed E-state index contributed by atoms with van der Waals surface area (Å²) in [5, 5.41) is 0. The monoisotopic (exact) mass is 260 g/mol. The lowest BCUT2D eigenvalue weighted by atomic mass is 9.97. The maximum Gasteiger partial charge on any atom is 0.168 e. The highest BCUT2D eigenvalue weighted by Gasteiger charge is 2.23. The molecule has 0 aliphatic carbocycles.